The van der Waals surface area contributed by atoms with Gasteiger partial charge in [-0.3, -0.25) is 4.79 Å². The first-order valence-electron chi connectivity index (χ1n) is 9.27. The monoisotopic (exact) mass is 422 g/mol. The standard InChI is InChI=1S/C20H26N2O4S2/c1-13(18(23)21-15-9-10-28(24,25)12-15)26-16-7-5-14(6-8-16)19-22-17(11-27-19)20(2,3)4/h5-8,11,13,15H,9-10,12H2,1-4H3,(H,21,23)/t13-,15-/m1/s1. The van der Waals surface area contributed by atoms with E-state index in [1.165, 1.54) is 0 Å². The highest BCUT2D eigenvalue weighted by atomic mass is 32.2. The highest BCUT2D eigenvalue weighted by molar-refractivity contribution is 7.91. The summed E-state index contributed by atoms with van der Waals surface area (Å²) in [6.07, 6.45) is -0.249. The summed E-state index contributed by atoms with van der Waals surface area (Å²) < 4.78 is 28.7. The molecule has 1 fully saturated rings. The van der Waals surface area contributed by atoms with Gasteiger partial charge in [0.25, 0.3) is 5.91 Å². The minimum atomic E-state index is -3.02. The zero-order valence-electron chi connectivity index (χ0n) is 16.6. The molecule has 0 spiro atoms. The van der Waals surface area contributed by atoms with E-state index < -0.39 is 15.9 Å². The minimum absolute atomic E-state index is 0.00449. The van der Waals surface area contributed by atoms with Crippen LogP contribution < -0.4 is 10.1 Å². The van der Waals surface area contributed by atoms with Gasteiger partial charge in [-0.05, 0) is 37.6 Å². The molecule has 2 aromatic rings. The van der Waals surface area contributed by atoms with Gasteiger partial charge < -0.3 is 10.1 Å². The Kier molecular flexibility index (Phi) is 5.82. The van der Waals surface area contributed by atoms with Gasteiger partial charge in [-0.2, -0.15) is 0 Å². The molecule has 1 N–H and O–H groups in total. The maximum atomic E-state index is 12.3. The van der Waals surface area contributed by atoms with E-state index in [0.717, 1.165) is 16.3 Å². The third-order valence-corrected chi connectivity index (χ3v) is 7.29. The molecule has 8 heteroatoms. The number of amides is 1. The molecule has 0 bridgehead atoms. The van der Waals surface area contributed by atoms with Crippen molar-refractivity contribution in [2.45, 2.75) is 51.7 Å². The number of rotatable bonds is 5. The fraction of sp³-hybridized carbons (Fsp3) is 0.500. The zero-order chi connectivity index (χ0) is 20.5. The normalized spacial score (nSPS) is 19.9. The lowest BCUT2D eigenvalue weighted by atomic mass is 9.93. The quantitative estimate of drug-likeness (QED) is 0.800. The zero-order valence-corrected chi connectivity index (χ0v) is 18.2. The van der Waals surface area contributed by atoms with Crippen molar-refractivity contribution in [3.63, 3.8) is 0 Å². The second kappa shape index (κ2) is 7.83. The third-order valence-electron chi connectivity index (χ3n) is 4.63. The number of carbonyl (C=O) groups excluding carboxylic acids is 1. The number of hydrogen-bond acceptors (Lipinski definition) is 6. The van der Waals surface area contributed by atoms with Crippen LogP contribution in [0.25, 0.3) is 10.6 Å². The Bertz CT molecular complexity index is 943. The van der Waals surface area contributed by atoms with Gasteiger partial charge in [-0.25, -0.2) is 13.4 Å². The Morgan fingerprint density at radius 3 is 2.50 bits per heavy atom. The number of benzene rings is 1. The molecule has 0 saturated carbocycles. The lowest BCUT2D eigenvalue weighted by Gasteiger charge is -2.17. The summed E-state index contributed by atoms with van der Waals surface area (Å²) in [5.74, 6) is 0.409. The number of ether oxygens (including phenoxy) is 1. The van der Waals surface area contributed by atoms with Gasteiger partial charge in [0.1, 0.15) is 10.8 Å². The maximum Gasteiger partial charge on any atom is 0.261 e. The van der Waals surface area contributed by atoms with E-state index in [1.807, 2.05) is 24.3 Å². The van der Waals surface area contributed by atoms with Crippen molar-refractivity contribution < 1.29 is 17.9 Å². The molecule has 28 heavy (non-hydrogen) atoms. The first-order chi connectivity index (χ1) is 13.0. The molecule has 0 unspecified atom stereocenters. The number of nitrogens with one attached hydrogen (secondary N) is 1. The van der Waals surface area contributed by atoms with Crippen LogP contribution in [0.2, 0.25) is 0 Å². The van der Waals surface area contributed by atoms with Gasteiger partial charge in [0.05, 0.1) is 17.2 Å². The molecule has 152 valence electrons. The molecule has 6 nitrogen and oxygen atoms in total. The molecule has 3 rings (SSSR count). The predicted octanol–water partition coefficient (Wildman–Crippen LogP) is 3.18. The summed E-state index contributed by atoms with van der Waals surface area (Å²) in [5, 5.41) is 5.78. The van der Waals surface area contributed by atoms with Crippen LogP contribution in [0, 0.1) is 0 Å². The number of thiazole rings is 1. The van der Waals surface area contributed by atoms with E-state index in [-0.39, 0.29) is 28.9 Å². The Morgan fingerprint density at radius 2 is 1.96 bits per heavy atom. The van der Waals surface area contributed by atoms with Crippen molar-refractivity contribution in [2.24, 2.45) is 0 Å². The summed E-state index contributed by atoms with van der Waals surface area (Å²) >= 11 is 1.61. The molecule has 1 amide bonds. The largest absolute Gasteiger partial charge is 0.481 e. The Hall–Kier alpha value is -1.93. The van der Waals surface area contributed by atoms with Crippen molar-refractivity contribution in [3.8, 4) is 16.3 Å². The molecule has 1 aliphatic heterocycles. The van der Waals surface area contributed by atoms with Crippen molar-refractivity contribution in [1.29, 1.82) is 0 Å². The van der Waals surface area contributed by atoms with Crippen molar-refractivity contribution in [2.75, 3.05) is 11.5 Å². The average molecular weight is 423 g/mol. The summed E-state index contributed by atoms with van der Waals surface area (Å²) in [6, 6.07) is 7.16. The Balaban J connectivity index is 1.59. The highest BCUT2D eigenvalue weighted by Gasteiger charge is 2.30. The van der Waals surface area contributed by atoms with Crippen LogP contribution in [-0.2, 0) is 20.0 Å². The van der Waals surface area contributed by atoms with Crippen molar-refractivity contribution in [1.82, 2.24) is 10.3 Å². The third kappa shape index (κ3) is 5.11. The van der Waals surface area contributed by atoms with Gasteiger partial charge in [-0.15, -0.1) is 11.3 Å². The van der Waals surface area contributed by atoms with E-state index in [0.29, 0.717) is 12.2 Å². The summed E-state index contributed by atoms with van der Waals surface area (Å²) in [6.45, 7) is 8.06. The van der Waals surface area contributed by atoms with Crippen LogP contribution in [0.15, 0.2) is 29.6 Å². The van der Waals surface area contributed by atoms with Crippen molar-refractivity contribution >= 4 is 27.1 Å². The molecule has 2 atom stereocenters. The lowest BCUT2D eigenvalue weighted by molar-refractivity contribution is -0.127. The second-order valence-electron chi connectivity index (χ2n) is 8.18. The topological polar surface area (TPSA) is 85.4 Å². The molecule has 1 aromatic carbocycles. The van der Waals surface area contributed by atoms with E-state index in [4.69, 9.17) is 9.72 Å². The molecule has 2 heterocycles. The smallest absolute Gasteiger partial charge is 0.261 e. The first-order valence-corrected chi connectivity index (χ1v) is 12.0. The minimum Gasteiger partial charge on any atom is -0.481 e. The van der Waals surface area contributed by atoms with Crippen LogP contribution >= 0.6 is 11.3 Å². The molecular formula is C20H26N2O4S2. The first kappa shape index (κ1) is 20.8. The lowest BCUT2D eigenvalue weighted by Crippen LogP contribution is -2.43. The SMILES string of the molecule is C[C@@H](Oc1ccc(-c2nc(C(C)(C)C)cs2)cc1)C(=O)N[C@@H]1CCS(=O)(=O)C1. The molecule has 0 aliphatic carbocycles. The number of hydrogen-bond donors (Lipinski definition) is 1. The number of aromatic nitrogens is 1. The molecule has 1 aliphatic rings. The molecule has 1 aromatic heterocycles. The molecule has 0 radical (unpaired) electrons. The van der Waals surface area contributed by atoms with E-state index in [9.17, 15) is 13.2 Å². The van der Waals surface area contributed by atoms with Gasteiger partial charge in [0.2, 0.25) is 0 Å². The number of carbonyl (C=O) groups is 1. The summed E-state index contributed by atoms with van der Waals surface area (Å²) in [7, 11) is -3.02. The van der Waals surface area contributed by atoms with E-state index in [1.54, 1.807) is 18.3 Å². The molecular weight excluding hydrogens is 396 g/mol. The fourth-order valence-electron chi connectivity index (χ4n) is 2.91. The second-order valence-corrected chi connectivity index (χ2v) is 11.3. The average Bonchev–Trinajstić information content (AvgIpc) is 3.22. The van der Waals surface area contributed by atoms with Gasteiger partial charge in [0, 0.05) is 22.4 Å². The van der Waals surface area contributed by atoms with Gasteiger partial charge in [0.15, 0.2) is 15.9 Å². The number of sulfone groups is 1. The maximum absolute atomic E-state index is 12.3. The Morgan fingerprint density at radius 1 is 1.29 bits per heavy atom. The fourth-order valence-corrected chi connectivity index (χ4v) is 5.64. The molecule has 1 saturated heterocycles. The van der Waals surface area contributed by atoms with Crippen LogP contribution in [0.3, 0.4) is 0 Å². The number of nitrogens with zero attached hydrogens (tertiary/aromatic N) is 1. The van der Waals surface area contributed by atoms with E-state index >= 15 is 0 Å². The van der Waals surface area contributed by atoms with Crippen LogP contribution in [0.5, 0.6) is 5.75 Å². The van der Waals surface area contributed by atoms with Crippen LogP contribution in [-0.4, -0.2) is 43.0 Å². The van der Waals surface area contributed by atoms with Gasteiger partial charge >= 0.3 is 0 Å². The predicted molar refractivity (Wildman–Crippen MR) is 112 cm³/mol. The summed E-state index contributed by atoms with van der Waals surface area (Å²) in [4.78, 5) is 17.0. The van der Waals surface area contributed by atoms with E-state index in [2.05, 4.69) is 31.5 Å². The summed E-state index contributed by atoms with van der Waals surface area (Å²) in [5.41, 5.74) is 2.08. The Labute approximate surface area is 170 Å². The van der Waals surface area contributed by atoms with Crippen LogP contribution in [0.1, 0.15) is 39.8 Å². The van der Waals surface area contributed by atoms with Gasteiger partial charge in [-0.1, -0.05) is 20.8 Å². The van der Waals surface area contributed by atoms with Crippen molar-refractivity contribution in [3.05, 3.63) is 35.3 Å². The highest BCUT2D eigenvalue weighted by Crippen LogP contribution is 2.30. The van der Waals surface area contributed by atoms with Crippen LogP contribution in [0.4, 0.5) is 0 Å².